The summed E-state index contributed by atoms with van der Waals surface area (Å²) in [5.74, 6) is 0.230. The predicted octanol–water partition coefficient (Wildman–Crippen LogP) is 2.59. The van der Waals surface area contributed by atoms with Gasteiger partial charge in [0, 0.05) is 31.7 Å². The van der Waals surface area contributed by atoms with E-state index in [2.05, 4.69) is 0 Å². The molecule has 1 saturated heterocycles. The van der Waals surface area contributed by atoms with Crippen LogP contribution < -0.4 is 9.47 Å². The van der Waals surface area contributed by atoms with Crippen molar-refractivity contribution in [2.24, 2.45) is 0 Å². The number of hydrogen-bond donors (Lipinski definition) is 0. The van der Waals surface area contributed by atoms with Crippen LogP contribution in [0.25, 0.3) is 0 Å². The van der Waals surface area contributed by atoms with Gasteiger partial charge in [0.25, 0.3) is 11.8 Å². The number of carbonyl (C=O) groups excluding carboxylic acids is 2. The van der Waals surface area contributed by atoms with Crippen LogP contribution in [0.5, 0.6) is 11.5 Å². The van der Waals surface area contributed by atoms with Crippen LogP contribution in [0.2, 0.25) is 0 Å². The molecule has 2 aromatic rings. The molecule has 2 aliphatic rings. The first-order valence-corrected chi connectivity index (χ1v) is 9.36. The lowest BCUT2D eigenvalue weighted by molar-refractivity contribution is 0.0715. The molecule has 1 fully saturated rings. The molecular weight excluding hydrogens is 363 g/mol. The molecule has 2 heterocycles. The van der Waals surface area contributed by atoms with Crippen molar-refractivity contribution in [2.45, 2.75) is 6.42 Å². The summed E-state index contributed by atoms with van der Waals surface area (Å²) in [6.07, 6.45) is 0.635. The molecule has 0 bridgehead atoms. The SMILES string of the molecule is O=C(c1ccc2c(c1)OCCO2)N1CCCN(C(=O)c2ccccc2F)CC1. The van der Waals surface area contributed by atoms with Gasteiger partial charge < -0.3 is 19.3 Å². The summed E-state index contributed by atoms with van der Waals surface area (Å²) in [4.78, 5) is 28.9. The Balaban J connectivity index is 1.44. The molecule has 2 aliphatic heterocycles. The number of fused-ring (bicyclic) bond motifs is 1. The quantitative estimate of drug-likeness (QED) is 0.799. The topological polar surface area (TPSA) is 59.1 Å². The average molecular weight is 384 g/mol. The van der Waals surface area contributed by atoms with Crippen molar-refractivity contribution >= 4 is 11.8 Å². The average Bonchev–Trinajstić information content (AvgIpc) is 2.99. The zero-order valence-electron chi connectivity index (χ0n) is 15.4. The molecule has 2 amide bonds. The van der Waals surface area contributed by atoms with Gasteiger partial charge in [-0.25, -0.2) is 4.39 Å². The van der Waals surface area contributed by atoms with Crippen molar-refractivity contribution in [1.29, 1.82) is 0 Å². The first kappa shape index (κ1) is 18.3. The van der Waals surface area contributed by atoms with Gasteiger partial charge in [0.05, 0.1) is 5.56 Å². The van der Waals surface area contributed by atoms with Crippen LogP contribution in [0.1, 0.15) is 27.1 Å². The van der Waals surface area contributed by atoms with Crippen molar-refractivity contribution in [3.05, 3.63) is 59.4 Å². The molecule has 0 aromatic heterocycles. The van der Waals surface area contributed by atoms with E-state index in [-0.39, 0.29) is 17.4 Å². The molecule has 0 spiro atoms. The Morgan fingerprint density at radius 1 is 0.821 bits per heavy atom. The maximum absolute atomic E-state index is 13.9. The van der Waals surface area contributed by atoms with Crippen LogP contribution in [-0.4, -0.2) is 61.0 Å². The van der Waals surface area contributed by atoms with Crippen molar-refractivity contribution in [3.8, 4) is 11.5 Å². The van der Waals surface area contributed by atoms with Gasteiger partial charge in [-0.1, -0.05) is 12.1 Å². The third kappa shape index (κ3) is 3.65. The fourth-order valence-electron chi connectivity index (χ4n) is 3.49. The van der Waals surface area contributed by atoms with Gasteiger partial charge in [-0.05, 0) is 36.8 Å². The Hall–Kier alpha value is -3.09. The Labute approximate surface area is 162 Å². The standard InChI is InChI=1S/C21H21FN2O4/c22-17-5-2-1-4-16(17)21(26)24-9-3-8-23(10-11-24)20(25)15-6-7-18-19(14-15)28-13-12-27-18/h1-2,4-7,14H,3,8-13H2. The van der Waals surface area contributed by atoms with Crippen molar-refractivity contribution in [1.82, 2.24) is 9.80 Å². The van der Waals surface area contributed by atoms with Crippen LogP contribution >= 0.6 is 0 Å². The number of amides is 2. The number of ether oxygens (including phenoxy) is 2. The molecule has 0 atom stereocenters. The van der Waals surface area contributed by atoms with E-state index in [1.165, 1.54) is 12.1 Å². The molecule has 2 aromatic carbocycles. The largest absolute Gasteiger partial charge is 0.486 e. The highest BCUT2D eigenvalue weighted by molar-refractivity contribution is 5.96. The normalized spacial score (nSPS) is 16.5. The van der Waals surface area contributed by atoms with Crippen LogP contribution in [0.4, 0.5) is 4.39 Å². The molecule has 6 nitrogen and oxygen atoms in total. The molecule has 0 radical (unpaired) electrons. The molecule has 7 heteroatoms. The van der Waals surface area contributed by atoms with Crippen LogP contribution in [0.3, 0.4) is 0 Å². The number of carbonyl (C=O) groups is 2. The molecule has 0 N–H and O–H groups in total. The Bertz CT molecular complexity index is 902. The summed E-state index contributed by atoms with van der Waals surface area (Å²) in [6, 6.07) is 11.1. The summed E-state index contributed by atoms with van der Waals surface area (Å²) in [5.41, 5.74) is 0.590. The third-order valence-corrected chi connectivity index (χ3v) is 4.96. The minimum atomic E-state index is -0.527. The first-order valence-electron chi connectivity index (χ1n) is 9.36. The summed E-state index contributed by atoms with van der Waals surface area (Å²) in [6.45, 7) is 2.74. The van der Waals surface area contributed by atoms with Crippen molar-refractivity contribution in [2.75, 3.05) is 39.4 Å². The Morgan fingerprint density at radius 2 is 1.50 bits per heavy atom. The Morgan fingerprint density at radius 3 is 2.25 bits per heavy atom. The lowest BCUT2D eigenvalue weighted by atomic mass is 10.1. The predicted molar refractivity (Wildman–Crippen MR) is 100 cm³/mol. The van der Waals surface area contributed by atoms with E-state index in [4.69, 9.17) is 9.47 Å². The lowest BCUT2D eigenvalue weighted by Gasteiger charge is -2.23. The summed E-state index contributed by atoms with van der Waals surface area (Å²) in [5, 5.41) is 0. The van der Waals surface area contributed by atoms with Gasteiger partial charge in [0.1, 0.15) is 19.0 Å². The second-order valence-electron chi connectivity index (χ2n) is 6.78. The fraction of sp³-hybridized carbons (Fsp3) is 0.333. The van der Waals surface area contributed by atoms with Gasteiger partial charge in [-0.2, -0.15) is 0 Å². The van der Waals surface area contributed by atoms with E-state index in [0.29, 0.717) is 62.9 Å². The summed E-state index contributed by atoms with van der Waals surface area (Å²) >= 11 is 0. The van der Waals surface area contributed by atoms with Gasteiger partial charge in [0.15, 0.2) is 11.5 Å². The summed E-state index contributed by atoms with van der Waals surface area (Å²) < 4.78 is 25.0. The molecule has 146 valence electrons. The van der Waals surface area contributed by atoms with E-state index in [9.17, 15) is 14.0 Å². The highest BCUT2D eigenvalue weighted by Gasteiger charge is 2.25. The number of rotatable bonds is 2. The number of nitrogens with zero attached hydrogens (tertiary/aromatic N) is 2. The number of benzene rings is 2. The minimum Gasteiger partial charge on any atom is -0.486 e. The van der Waals surface area contributed by atoms with Gasteiger partial charge in [0.2, 0.25) is 0 Å². The van der Waals surface area contributed by atoms with Crippen LogP contribution in [-0.2, 0) is 0 Å². The fourth-order valence-corrected chi connectivity index (χ4v) is 3.49. The van der Waals surface area contributed by atoms with E-state index < -0.39 is 5.82 Å². The Kier molecular flexibility index (Phi) is 5.14. The van der Waals surface area contributed by atoms with Crippen LogP contribution in [0, 0.1) is 5.82 Å². The monoisotopic (exact) mass is 384 g/mol. The third-order valence-electron chi connectivity index (χ3n) is 4.96. The molecule has 0 unspecified atom stereocenters. The van der Waals surface area contributed by atoms with E-state index in [1.807, 2.05) is 0 Å². The maximum atomic E-state index is 13.9. The zero-order chi connectivity index (χ0) is 19.5. The lowest BCUT2D eigenvalue weighted by Crippen LogP contribution is -2.37. The second-order valence-corrected chi connectivity index (χ2v) is 6.78. The molecule has 4 rings (SSSR count). The van der Waals surface area contributed by atoms with E-state index in [0.717, 1.165) is 0 Å². The number of hydrogen-bond acceptors (Lipinski definition) is 4. The van der Waals surface area contributed by atoms with Gasteiger partial charge in [-0.3, -0.25) is 9.59 Å². The maximum Gasteiger partial charge on any atom is 0.256 e. The van der Waals surface area contributed by atoms with Gasteiger partial charge >= 0.3 is 0 Å². The van der Waals surface area contributed by atoms with Gasteiger partial charge in [-0.15, -0.1) is 0 Å². The molecule has 28 heavy (non-hydrogen) atoms. The van der Waals surface area contributed by atoms with E-state index >= 15 is 0 Å². The summed E-state index contributed by atoms with van der Waals surface area (Å²) in [7, 11) is 0. The van der Waals surface area contributed by atoms with Crippen LogP contribution in [0.15, 0.2) is 42.5 Å². The second kappa shape index (κ2) is 7.88. The van der Waals surface area contributed by atoms with Crippen molar-refractivity contribution in [3.63, 3.8) is 0 Å². The first-order chi connectivity index (χ1) is 13.6. The van der Waals surface area contributed by atoms with Crippen molar-refractivity contribution < 1.29 is 23.5 Å². The highest BCUT2D eigenvalue weighted by Crippen LogP contribution is 2.31. The molecular formula is C21H21FN2O4. The highest BCUT2D eigenvalue weighted by atomic mass is 19.1. The molecule has 0 saturated carbocycles. The minimum absolute atomic E-state index is 0.0640. The zero-order valence-corrected chi connectivity index (χ0v) is 15.4. The smallest absolute Gasteiger partial charge is 0.256 e. The van der Waals surface area contributed by atoms with E-state index in [1.54, 1.807) is 40.1 Å². The molecule has 0 aliphatic carbocycles. The number of halogens is 1.